The highest BCUT2D eigenvalue weighted by atomic mass is 127. The fourth-order valence-electron chi connectivity index (χ4n) is 5.11. The van der Waals surface area contributed by atoms with Gasteiger partial charge in [0.15, 0.2) is 5.96 Å². The highest BCUT2D eigenvalue weighted by Crippen LogP contribution is 2.52. The minimum absolute atomic E-state index is 0. The molecule has 1 aromatic rings. The number of phenolic OH excluding ortho intramolecular Hbond substituents is 1. The topological polar surface area (TPSA) is 94.0 Å². The molecule has 0 aromatic heterocycles. The molecule has 2 fully saturated rings. The van der Waals surface area contributed by atoms with E-state index >= 15 is 0 Å². The van der Waals surface area contributed by atoms with Crippen molar-refractivity contribution in [1.82, 2.24) is 15.5 Å². The molecule has 4 atom stereocenters. The SMILES string of the molecule is CCNC(=NCCCN1C(=O)C2C3C=CC(C3)C2C1=O)NCCCc1ccc(O)cc1.I. The van der Waals surface area contributed by atoms with Gasteiger partial charge < -0.3 is 15.7 Å². The maximum atomic E-state index is 12.7. The second-order valence-corrected chi connectivity index (χ2v) is 8.64. The second kappa shape index (κ2) is 11.2. The summed E-state index contributed by atoms with van der Waals surface area (Å²) in [7, 11) is 0. The Labute approximate surface area is 206 Å². The number of aliphatic imine (C=N–C) groups is 1. The molecule has 4 unspecified atom stereocenters. The zero-order chi connectivity index (χ0) is 21.8. The molecule has 3 aliphatic rings. The van der Waals surface area contributed by atoms with Crippen LogP contribution in [0.25, 0.3) is 0 Å². The summed E-state index contributed by atoms with van der Waals surface area (Å²) in [6.07, 6.45) is 7.76. The van der Waals surface area contributed by atoms with E-state index in [0.29, 0.717) is 19.5 Å². The van der Waals surface area contributed by atoms with Gasteiger partial charge in [-0.25, -0.2) is 0 Å². The fourth-order valence-corrected chi connectivity index (χ4v) is 5.11. The van der Waals surface area contributed by atoms with Gasteiger partial charge in [0.25, 0.3) is 0 Å². The van der Waals surface area contributed by atoms with Gasteiger partial charge >= 0.3 is 0 Å². The van der Waals surface area contributed by atoms with Gasteiger partial charge in [0.2, 0.25) is 11.8 Å². The molecular weight excluding hydrogens is 519 g/mol. The van der Waals surface area contributed by atoms with Crippen molar-refractivity contribution in [1.29, 1.82) is 0 Å². The van der Waals surface area contributed by atoms with E-state index in [9.17, 15) is 14.7 Å². The number of phenols is 1. The van der Waals surface area contributed by atoms with Crippen molar-refractivity contribution in [3.8, 4) is 5.75 Å². The first-order valence-electron chi connectivity index (χ1n) is 11.4. The third kappa shape index (κ3) is 5.27. The van der Waals surface area contributed by atoms with E-state index in [1.54, 1.807) is 12.1 Å². The second-order valence-electron chi connectivity index (χ2n) is 8.64. The molecule has 0 radical (unpaired) electrons. The number of halogens is 1. The van der Waals surface area contributed by atoms with Crippen LogP contribution in [0.4, 0.5) is 0 Å². The number of benzene rings is 1. The summed E-state index contributed by atoms with van der Waals surface area (Å²) in [6.45, 7) is 4.59. The van der Waals surface area contributed by atoms with Crippen LogP contribution in [0.15, 0.2) is 41.4 Å². The number of fused-ring (bicyclic) bond motifs is 5. The minimum Gasteiger partial charge on any atom is -0.508 e. The Hall–Kier alpha value is -2.10. The Kier molecular flexibility index (Phi) is 8.56. The number of hydrogen-bond acceptors (Lipinski definition) is 4. The van der Waals surface area contributed by atoms with Crippen LogP contribution in [0.1, 0.15) is 31.7 Å². The third-order valence-corrected chi connectivity index (χ3v) is 6.59. The van der Waals surface area contributed by atoms with Crippen molar-refractivity contribution < 1.29 is 14.7 Å². The van der Waals surface area contributed by atoms with Crippen molar-refractivity contribution in [3.63, 3.8) is 0 Å². The van der Waals surface area contributed by atoms with Crippen molar-refractivity contribution in [2.45, 2.75) is 32.6 Å². The molecule has 32 heavy (non-hydrogen) atoms. The number of nitrogens with one attached hydrogen (secondary N) is 2. The zero-order valence-corrected chi connectivity index (χ0v) is 20.8. The van der Waals surface area contributed by atoms with Gasteiger partial charge in [-0.05, 0) is 62.1 Å². The van der Waals surface area contributed by atoms with Gasteiger partial charge in [0.1, 0.15) is 5.75 Å². The van der Waals surface area contributed by atoms with Crippen molar-refractivity contribution in [2.24, 2.45) is 28.7 Å². The number of amides is 2. The molecule has 4 rings (SSSR count). The number of imide groups is 1. The summed E-state index contributed by atoms with van der Waals surface area (Å²) in [6, 6.07) is 7.29. The van der Waals surface area contributed by atoms with Gasteiger partial charge in [0, 0.05) is 26.2 Å². The van der Waals surface area contributed by atoms with Crippen LogP contribution >= 0.6 is 24.0 Å². The van der Waals surface area contributed by atoms with Crippen LogP contribution in [0.5, 0.6) is 5.75 Å². The predicted octanol–water partition coefficient (Wildman–Crippen LogP) is 2.70. The first-order chi connectivity index (χ1) is 15.1. The molecule has 1 saturated heterocycles. The molecule has 1 aromatic carbocycles. The highest BCUT2D eigenvalue weighted by Gasteiger charge is 2.58. The summed E-state index contributed by atoms with van der Waals surface area (Å²) >= 11 is 0. The van der Waals surface area contributed by atoms with Gasteiger partial charge in [-0.1, -0.05) is 24.3 Å². The number of nitrogens with zero attached hydrogens (tertiary/aromatic N) is 2. The largest absolute Gasteiger partial charge is 0.508 e. The predicted molar refractivity (Wildman–Crippen MR) is 135 cm³/mol. The van der Waals surface area contributed by atoms with Crippen LogP contribution in [0.2, 0.25) is 0 Å². The first-order valence-corrected chi connectivity index (χ1v) is 11.4. The van der Waals surface area contributed by atoms with E-state index < -0.39 is 0 Å². The summed E-state index contributed by atoms with van der Waals surface area (Å²) in [5.74, 6) is 1.39. The van der Waals surface area contributed by atoms with E-state index in [-0.39, 0.29) is 65.2 Å². The van der Waals surface area contributed by atoms with Gasteiger partial charge in [-0.3, -0.25) is 19.5 Å². The lowest BCUT2D eigenvalue weighted by Gasteiger charge is -2.17. The van der Waals surface area contributed by atoms with Crippen molar-refractivity contribution >= 4 is 41.8 Å². The summed E-state index contributed by atoms with van der Waals surface area (Å²) in [4.78, 5) is 31.5. The van der Waals surface area contributed by atoms with Crippen molar-refractivity contribution in [2.75, 3.05) is 26.2 Å². The lowest BCUT2D eigenvalue weighted by atomic mass is 9.85. The number of likely N-dealkylation sites (tertiary alicyclic amines) is 1. The maximum absolute atomic E-state index is 12.7. The average Bonchev–Trinajstić information content (AvgIpc) is 3.44. The van der Waals surface area contributed by atoms with E-state index in [1.165, 1.54) is 10.5 Å². The van der Waals surface area contributed by atoms with Gasteiger partial charge in [0.05, 0.1) is 11.8 Å². The number of hydrogen-bond donors (Lipinski definition) is 3. The Balaban J connectivity index is 0.00000289. The molecule has 3 N–H and O–H groups in total. The average molecular weight is 552 g/mol. The van der Waals surface area contributed by atoms with Crippen LogP contribution < -0.4 is 10.6 Å². The fraction of sp³-hybridized carbons (Fsp3) is 0.542. The van der Waals surface area contributed by atoms with Gasteiger partial charge in [-0.15, -0.1) is 24.0 Å². The summed E-state index contributed by atoms with van der Waals surface area (Å²) in [5.41, 5.74) is 1.19. The van der Waals surface area contributed by atoms with E-state index in [0.717, 1.165) is 38.3 Å². The summed E-state index contributed by atoms with van der Waals surface area (Å²) in [5, 5.41) is 15.9. The monoisotopic (exact) mass is 552 g/mol. The van der Waals surface area contributed by atoms with E-state index in [1.807, 2.05) is 19.1 Å². The Morgan fingerprint density at radius 2 is 1.72 bits per heavy atom. The van der Waals surface area contributed by atoms with Crippen LogP contribution in [0, 0.1) is 23.7 Å². The number of carbonyl (C=O) groups is 2. The van der Waals surface area contributed by atoms with E-state index in [4.69, 9.17) is 0 Å². The zero-order valence-electron chi connectivity index (χ0n) is 18.5. The molecule has 2 bridgehead atoms. The van der Waals surface area contributed by atoms with Crippen LogP contribution in [-0.2, 0) is 16.0 Å². The quantitative estimate of drug-likeness (QED) is 0.109. The number of aromatic hydroxyl groups is 1. The summed E-state index contributed by atoms with van der Waals surface area (Å²) < 4.78 is 0. The minimum atomic E-state index is -0.112. The smallest absolute Gasteiger partial charge is 0.233 e. The van der Waals surface area contributed by atoms with Crippen LogP contribution in [-0.4, -0.2) is 54.0 Å². The molecule has 8 heteroatoms. The number of aryl methyl sites for hydroxylation is 1. The number of rotatable bonds is 9. The number of carbonyl (C=O) groups excluding carboxylic acids is 2. The molecule has 2 aliphatic carbocycles. The standard InChI is InChI=1S/C24H32N4O3.HI/c1-2-25-24(26-12-3-5-16-6-10-19(29)11-7-16)27-13-4-14-28-22(30)20-17-8-9-18(15-17)21(20)23(28)31;/h6-11,17-18,20-21,29H,2-5,12-15H2,1H3,(H2,25,26,27);1H. The molecule has 0 spiro atoms. The molecule has 1 aliphatic heterocycles. The number of allylic oxidation sites excluding steroid dienone is 2. The highest BCUT2D eigenvalue weighted by molar-refractivity contribution is 14.0. The first kappa shape index (κ1) is 24.5. The van der Waals surface area contributed by atoms with E-state index in [2.05, 4.69) is 27.8 Å². The van der Waals surface area contributed by atoms with Crippen LogP contribution in [0.3, 0.4) is 0 Å². The Bertz CT molecular complexity index is 841. The number of guanidine groups is 1. The lowest BCUT2D eigenvalue weighted by molar-refractivity contribution is -0.140. The maximum Gasteiger partial charge on any atom is 0.233 e. The van der Waals surface area contributed by atoms with Crippen molar-refractivity contribution in [3.05, 3.63) is 42.0 Å². The molecule has 2 amide bonds. The molecule has 1 saturated carbocycles. The molecular formula is C24H33IN4O3. The molecule has 1 heterocycles. The third-order valence-electron chi connectivity index (χ3n) is 6.59. The Morgan fingerprint density at radius 3 is 2.34 bits per heavy atom. The normalized spacial score (nSPS) is 25.8. The lowest BCUT2D eigenvalue weighted by Crippen LogP contribution is -2.38. The molecule has 7 nitrogen and oxygen atoms in total. The Morgan fingerprint density at radius 1 is 1.06 bits per heavy atom. The van der Waals surface area contributed by atoms with Gasteiger partial charge in [-0.2, -0.15) is 0 Å². The molecule has 174 valence electrons.